The van der Waals surface area contributed by atoms with Crippen LogP contribution in [-0.4, -0.2) is 9.55 Å². The van der Waals surface area contributed by atoms with Crippen LogP contribution in [-0.2, 0) is 13.6 Å². The first-order valence-electron chi connectivity index (χ1n) is 5.56. The number of rotatable bonds is 3. The molecule has 0 aromatic carbocycles. The molecule has 0 aliphatic carbocycles. The van der Waals surface area contributed by atoms with Crippen molar-refractivity contribution in [2.45, 2.75) is 20.4 Å². The van der Waals surface area contributed by atoms with Crippen LogP contribution < -0.4 is 5.32 Å². The number of aryl methyl sites for hydroxylation is 1. The van der Waals surface area contributed by atoms with E-state index in [1.54, 1.807) is 6.20 Å². The largest absolute Gasteiger partial charge is 0.379 e. The summed E-state index contributed by atoms with van der Waals surface area (Å²) in [5.74, 6) is 0. The number of hydrogen-bond donors (Lipinski definition) is 1. The predicted molar refractivity (Wildman–Crippen MR) is 74.2 cm³/mol. The summed E-state index contributed by atoms with van der Waals surface area (Å²) in [5.41, 5.74) is 4.92. The molecule has 2 aromatic heterocycles. The molecule has 2 aromatic rings. The summed E-state index contributed by atoms with van der Waals surface area (Å²) in [4.78, 5) is 4.19. The quantitative estimate of drug-likeness (QED) is 0.879. The molecule has 0 aliphatic rings. The first-order valence-corrected chi connectivity index (χ1v) is 6.35. The first-order chi connectivity index (χ1) is 8.09. The van der Waals surface area contributed by atoms with Crippen molar-refractivity contribution in [1.82, 2.24) is 9.55 Å². The lowest BCUT2D eigenvalue weighted by molar-refractivity contribution is 0.837. The zero-order valence-electron chi connectivity index (χ0n) is 10.3. The molecule has 0 unspecified atom stereocenters. The van der Waals surface area contributed by atoms with E-state index >= 15 is 0 Å². The zero-order valence-corrected chi connectivity index (χ0v) is 11.9. The number of nitrogens with zero attached hydrogens (tertiary/aromatic N) is 2. The standard InChI is InChI=1S/C13H16BrN3/c1-9-7-11(10(2)17(9)3)8-16-12-5-4-6-15-13(12)14/h4-7,16H,8H2,1-3H3. The van der Waals surface area contributed by atoms with Gasteiger partial charge in [-0.15, -0.1) is 0 Å². The molecule has 0 saturated carbocycles. The van der Waals surface area contributed by atoms with Crippen LogP contribution in [0.4, 0.5) is 5.69 Å². The Labute approximate surface area is 110 Å². The molecule has 0 saturated heterocycles. The van der Waals surface area contributed by atoms with Gasteiger partial charge >= 0.3 is 0 Å². The van der Waals surface area contributed by atoms with Gasteiger partial charge in [0.15, 0.2) is 0 Å². The van der Waals surface area contributed by atoms with Gasteiger partial charge in [0.05, 0.1) is 5.69 Å². The van der Waals surface area contributed by atoms with Crippen molar-refractivity contribution in [2.75, 3.05) is 5.32 Å². The molecule has 2 rings (SSSR count). The number of anilines is 1. The highest BCUT2D eigenvalue weighted by Crippen LogP contribution is 2.20. The van der Waals surface area contributed by atoms with Crippen LogP contribution in [0.15, 0.2) is 29.0 Å². The van der Waals surface area contributed by atoms with Gasteiger partial charge in [-0.05, 0) is 53.5 Å². The van der Waals surface area contributed by atoms with E-state index in [1.807, 2.05) is 12.1 Å². The van der Waals surface area contributed by atoms with Crippen LogP contribution in [0.1, 0.15) is 17.0 Å². The molecule has 0 amide bonds. The number of hydrogen-bond acceptors (Lipinski definition) is 2. The van der Waals surface area contributed by atoms with Crippen LogP contribution in [0.2, 0.25) is 0 Å². The highest BCUT2D eigenvalue weighted by atomic mass is 79.9. The Balaban J connectivity index is 2.13. The van der Waals surface area contributed by atoms with Gasteiger partial charge in [-0.3, -0.25) is 0 Å². The predicted octanol–water partition coefficient (Wildman–Crippen LogP) is 3.41. The summed E-state index contributed by atoms with van der Waals surface area (Å²) in [6.45, 7) is 5.08. The van der Waals surface area contributed by atoms with Gasteiger partial charge in [-0.1, -0.05) is 0 Å². The van der Waals surface area contributed by atoms with E-state index in [-0.39, 0.29) is 0 Å². The molecule has 2 heterocycles. The molecule has 1 N–H and O–H groups in total. The van der Waals surface area contributed by atoms with Crippen molar-refractivity contribution in [2.24, 2.45) is 7.05 Å². The van der Waals surface area contributed by atoms with Crippen molar-refractivity contribution in [3.63, 3.8) is 0 Å². The summed E-state index contributed by atoms with van der Waals surface area (Å²) < 4.78 is 3.06. The summed E-state index contributed by atoms with van der Waals surface area (Å²) in [6.07, 6.45) is 1.77. The Bertz CT molecular complexity index is 531. The zero-order chi connectivity index (χ0) is 12.4. The molecular weight excluding hydrogens is 278 g/mol. The lowest BCUT2D eigenvalue weighted by atomic mass is 10.2. The average molecular weight is 294 g/mol. The Hall–Kier alpha value is -1.29. The van der Waals surface area contributed by atoms with E-state index in [0.29, 0.717) is 0 Å². The van der Waals surface area contributed by atoms with Gasteiger partial charge in [-0.25, -0.2) is 4.98 Å². The summed E-state index contributed by atoms with van der Waals surface area (Å²) in [5, 5.41) is 3.39. The maximum Gasteiger partial charge on any atom is 0.129 e. The summed E-state index contributed by atoms with van der Waals surface area (Å²) in [6, 6.07) is 6.16. The van der Waals surface area contributed by atoms with Crippen LogP contribution in [0.25, 0.3) is 0 Å². The second-order valence-electron chi connectivity index (χ2n) is 4.15. The van der Waals surface area contributed by atoms with Crippen LogP contribution >= 0.6 is 15.9 Å². The van der Waals surface area contributed by atoms with Gasteiger partial charge in [0.25, 0.3) is 0 Å². The minimum Gasteiger partial charge on any atom is -0.379 e. The number of halogens is 1. The van der Waals surface area contributed by atoms with Crippen LogP contribution in [0.5, 0.6) is 0 Å². The molecule has 3 nitrogen and oxygen atoms in total. The van der Waals surface area contributed by atoms with E-state index in [1.165, 1.54) is 17.0 Å². The second kappa shape index (κ2) is 4.92. The van der Waals surface area contributed by atoms with Gasteiger partial charge in [0.2, 0.25) is 0 Å². The monoisotopic (exact) mass is 293 g/mol. The van der Waals surface area contributed by atoms with Gasteiger partial charge in [0.1, 0.15) is 4.60 Å². The average Bonchev–Trinajstić information content (AvgIpc) is 2.56. The van der Waals surface area contributed by atoms with E-state index in [0.717, 1.165) is 16.8 Å². The molecule has 0 radical (unpaired) electrons. The topological polar surface area (TPSA) is 29.9 Å². The van der Waals surface area contributed by atoms with Gasteiger partial charge in [0, 0.05) is 31.2 Å². The maximum atomic E-state index is 4.19. The Morgan fingerprint density at radius 3 is 2.76 bits per heavy atom. The van der Waals surface area contributed by atoms with Crippen LogP contribution in [0.3, 0.4) is 0 Å². The molecular formula is C13H16BrN3. The Morgan fingerprint density at radius 1 is 1.41 bits per heavy atom. The molecule has 17 heavy (non-hydrogen) atoms. The molecule has 0 atom stereocenters. The lowest BCUT2D eigenvalue weighted by Gasteiger charge is -2.07. The molecule has 0 bridgehead atoms. The number of nitrogens with one attached hydrogen (secondary N) is 1. The SMILES string of the molecule is Cc1cc(CNc2cccnc2Br)c(C)n1C. The minimum absolute atomic E-state index is 0.817. The van der Waals surface area contributed by atoms with Crippen molar-refractivity contribution in [3.05, 3.63) is 46.0 Å². The van der Waals surface area contributed by atoms with E-state index in [4.69, 9.17) is 0 Å². The van der Waals surface area contributed by atoms with Crippen molar-refractivity contribution < 1.29 is 0 Å². The second-order valence-corrected chi connectivity index (χ2v) is 4.90. The fourth-order valence-electron chi connectivity index (χ4n) is 1.82. The molecule has 0 aliphatic heterocycles. The normalized spacial score (nSPS) is 10.6. The smallest absolute Gasteiger partial charge is 0.129 e. The fourth-order valence-corrected chi connectivity index (χ4v) is 2.21. The molecule has 90 valence electrons. The highest BCUT2D eigenvalue weighted by Gasteiger charge is 2.06. The first kappa shape index (κ1) is 12.2. The number of aromatic nitrogens is 2. The third-order valence-electron chi connectivity index (χ3n) is 3.11. The summed E-state index contributed by atoms with van der Waals surface area (Å²) in [7, 11) is 2.09. The van der Waals surface area contributed by atoms with E-state index in [9.17, 15) is 0 Å². The van der Waals surface area contributed by atoms with Crippen molar-refractivity contribution >= 4 is 21.6 Å². The minimum atomic E-state index is 0.817. The number of pyridine rings is 1. The van der Waals surface area contributed by atoms with E-state index < -0.39 is 0 Å². The fraction of sp³-hybridized carbons (Fsp3) is 0.308. The highest BCUT2D eigenvalue weighted by molar-refractivity contribution is 9.10. The van der Waals surface area contributed by atoms with E-state index in [2.05, 4.69) is 57.8 Å². The molecule has 0 spiro atoms. The van der Waals surface area contributed by atoms with Gasteiger partial charge < -0.3 is 9.88 Å². The Morgan fingerprint density at radius 2 is 2.18 bits per heavy atom. The lowest BCUT2D eigenvalue weighted by Crippen LogP contribution is -2.02. The third kappa shape index (κ3) is 2.52. The van der Waals surface area contributed by atoms with Crippen molar-refractivity contribution in [1.29, 1.82) is 0 Å². The maximum absolute atomic E-state index is 4.19. The van der Waals surface area contributed by atoms with Crippen molar-refractivity contribution in [3.8, 4) is 0 Å². The summed E-state index contributed by atoms with van der Waals surface area (Å²) >= 11 is 3.43. The molecule has 0 fully saturated rings. The Kier molecular flexibility index (Phi) is 3.52. The van der Waals surface area contributed by atoms with Gasteiger partial charge in [-0.2, -0.15) is 0 Å². The molecule has 4 heteroatoms. The van der Waals surface area contributed by atoms with Crippen LogP contribution in [0, 0.1) is 13.8 Å². The third-order valence-corrected chi connectivity index (χ3v) is 3.74.